The molecule has 0 spiro atoms. The standard InChI is InChI=1S/8CH3F.6CH4.8H2/c8*1-2;;;;;;;;;;;;;;/h8*1H3;6*1H4;8*1H/i8*1T;;;;;;;8*1+2T. The molecule has 176 valence electrons. The van der Waals surface area contributed by atoms with Crippen LogP contribution in [-0.4, -0.2) is 57.2 Å². The molecule has 0 heterocycles. The van der Waals surface area contributed by atoms with Crippen molar-refractivity contribution in [2.45, 2.75) is 44.6 Å². The summed E-state index contributed by atoms with van der Waals surface area (Å²) < 4.78 is 204. The van der Waals surface area contributed by atoms with Crippen LogP contribution in [0.15, 0.2) is 0 Å². The van der Waals surface area contributed by atoms with Gasteiger partial charge in [-0.15, -0.1) is 0 Å². The summed E-state index contributed by atoms with van der Waals surface area (Å²) in [6, 6.07) is 0. The Morgan fingerprint density at radius 3 is 0.409 bits per heavy atom. The molecule has 0 unspecified atom stereocenters. The smallest absolute Gasteiger partial charge is 0.0785 e. The van der Waals surface area contributed by atoms with Crippen molar-refractivity contribution in [1.29, 1.82) is 0 Å². The van der Waals surface area contributed by atoms with Gasteiger partial charge in [0.15, 0.2) is 0 Å². The van der Waals surface area contributed by atoms with Crippen LogP contribution in [0.1, 0.15) is 79.3 Å². The van der Waals surface area contributed by atoms with E-state index in [9.17, 15) is 35.1 Å². The minimum atomic E-state index is -1.00. The zero-order valence-corrected chi connectivity index (χ0v) is 8.68. The van der Waals surface area contributed by atoms with Gasteiger partial charge in [0.05, 0.1) is 68.2 Å². The number of alkyl halides is 8. The summed E-state index contributed by atoms with van der Waals surface area (Å²) in [4.78, 5) is 0. The Kier molecular flexibility index (Phi) is 18300. The molecular formula is C14H64F8. The van der Waals surface area contributed by atoms with Crippen molar-refractivity contribution in [3.05, 3.63) is 0 Å². The summed E-state index contributed by atoms with van der Waals surface area (Å²) >= 11 is 0. The Morgan fingerprint density at radius 1 is 0.409 bits per heavy atom. The van der Waals surface area contributed by atoms with Gasteiger partial charge < -0.3 is 0 Å². The first-order chi connectivity index (χ1) is 19.3. The lowest BCUT2D eigenvalue weighted by Gasteiger charge is -1.10. The minimum absolute atomic E-state index is 0. The molecule has 8 heteroatoms. The van der Waals surface area contributed by atoms with Gasteiger partial charge in [-0.2, -0.15) is 0 Å². The molecule has 0 amide bonds. The lowest BCUT2D eigenvalue weighted by atomic mass is 11.9. The van der Waals surface area contributed by atoms with Crippen molar-refractivity contribution >= 4 is 0 Å². The summed E-state index contributed by atoms with van der Waals surface area (Å²) in [7, 11) is -8.00. The van der Waals surface area contributed by atoms with E-state index in [2.05, 4.69) is 0 Å². The van der Waals surface area contributed by atoms with E-state index in [1.165, 1.54) is 0 Å². The average molecular weight is 433 g/mol. The highest BCUT2D eigenvalue weighted by atomic mass is 19.1. The molecule has 0 aromatic rings. The maximum absolute atomic E-state index is 9.96. The second-order valence-corrected chi connectivity index (χ2v) is 0. The quantitative estimate of drug-likeness (QED) is 0.334. The van der Waals surface area contributed by atoms with Crippen molar-refractivity contribution in [3.63, 3.8) is 0 Å². The minimum Gasteiger partial charge on any atom is -0.255 e. The van der Waals surface area contributed by atoms with E-state index in [4.69, 9.17) is 34.7 Å². The maximum Gasteiger partial charge on any atom is 0.0785 e. The van der Waals surface area contributed by atoms with Crippen molar-refractivity contribution in [2.24, 2.45) is 0 Å². The molecule has 0 bridgehead atoms. The van der Waals surface area contributed by atoms with Gasteiger partial charge in [-0.05, 0) is 0 Å². The fraction of sp³-hybridized carbons (Fsp3) is 1.00. The van der Waals surface area contributed by atoms with Crippen LogP contribution in [0.2, 0.25) is 0 Å². The summed E-state index contributed by atoms with van der Waals surface area (Å²) in [6.45, 7) is 0. The van der Waals surface area contributed by atoms with Gasteiger partial charge >= 0.3 is 0 Å². The molecule has 0 aliphatic heterocycles. The lowest BCUT2D eigenvalue weighted by molar-refractivity contribution is 0.635. The fourth-order valence-corrected chi connectivity index (χ4v) is 0. The van der Waals surface area contributed by atoms with E-state index in [0.29, 0.717) is 0 Å². The van der Waals surface area contributed by atoms with Gasteiger partial charge in [0.1, 0.15) is 0 Å². The molecule has 0 fully saturated rings. The molecule has 0 radical (unpaired) electrons. The van der Waals surface area contributed by atoms with Crippen molar-refractivity contribution in [3.8, 4) is 0 Å². The van der Waals surface area contributed by atoms with Gasteiger partial charge in [0.25, 0.3) is 0 Å². The molecule has 0 N–H and O–H groups in total. The topological polar surface area (TPSA) is 0 Å². The van der Waals surface area contributed by atoms with Crippen LogP contribution in [0.5, 0.6) is 0 Å². The Bertz CT molecular complexity index is 90.7. The summed E-state index contributed by atoms with van der Waals surface area (Å²) in [5, 5.41) is 0. The first-order valence-electron chi connectivity index (χ1n) is 15.8. The number of halogens is 8. The molecular weight excluding hydrogens is 320 g/mol. The zero-order valence-electron chi connectivity index (χ0n) is 32.7. The molecule has 0 aliphatic carbocycles. The van der Waals surface area contributed by atoms with Gasteiger partial charge in [-0.1, -0.05) is 44.6 Å². The van der Waals surface area contributed by atoms with Crippen LogP contribution < -0.4 is 0 Å². The van der Waals surface area contributed by atoms with Gasteiger partial charge in [0, 0.05) is 23.8 Å². The van der Waals surface area contributed by atoms with Crippen molar-refractivity contribution in [1.82, 2.24) is 0 Å². The fourth-order valence-electron chi connectivity index (χ4n) is 0. The number of hydrogen-bond acceptors (Lipinski definition) is 0. The molecule has 0 nitrogen and oxygen atoms in total. The van der Waals surface area contributed by atoms with E-state index < -0.39 is 57.2 Å². The highest BCUT2D eigenvalue weighted by Crippen LogP contribution is 1.17. The van der Waals surface area contributed by atoms with Gasteiger partial charge in [0.2, 0.25) is 0 Å². The first kappa shape index (κ1) is 16.3. The van der Waals surface area contributed by atoms with Crippen LogP contribution >= 0.6 is 0 Å². The van der Waals surface area contributed by atoms with E-state index in [1.807, 2.05) is 0 Å². The van der Waals surface area contributed by atoms with Crippen LogP contribution in [0.4, 0.5) is 35.1 Å². The van der Waals surface area contributed by atoms with Crippen molar-refractivity contribution < 1.29 is 69.8 Å². The molecule has 22 heavy (non-hydrogen) atoms. The molecule has 0 atom stereocenters. The third-order valence-electron chi connectivity index (χ3n) is 0. The van der Waals surface area contributed by atoms with Crippen LogP contribution in [-0.2, 0) is 0 Å². The molecule has 0 rings (SSSR count). The van der Waals surface area contributed by atoms with Gasteiger partial charge in [-0.25, -0.2) is 0 Å². The Hall–Kier alpha value is -0.560. The maximum atomic E-state index is 9.96. The number of hydrogen-bond donors (Lipinski definition) is 0. The predicted octanol–water partition coefficient (Wildman–Crippen LogP) is 10.5. The van der Waals surface area contributed by atoms with E-state index in [0.717, 1.165) is 0 Å². The van der Waals surface area contributed by atoms with Gasteiger partial charge in [-0.3, -0.25) is 35.1 Å². The first-order valence-corrected chi connectivity index (χ1v) is 2.14. The van der Waals surface area contributed by atoms with E-state index >= 15 is 0 Å². The van der Waals surface area contributed by atoms with Crippen molar-refractivity contribution in [2.75, 3.05) is 57.2 Å². The summed E-state index contributed by atoms with van der Waals surface area (Å²) in [5.41, 5.74) is 0. The summed E-state index contributed by atoms with van der Waals surface area (Å²) in [6.07, 6.45) is 0. The number of rotatable bonds is 0. The molecule has 0 aliphatic rings. The SMILES string of the molecule is C.C.C.C.C.C.[3H]CF.[3H]CF.[3H]CF.[3H]CF.[3H]CF.[3H]CF.[3H]CF.[3H]CF.[3H][3H].[3H][3H].[3H][3H].[3H][3H].[3H][3H].[3H][3H].[3H][3H].[3H][3H]. The van der Waals surface area contributed by atoms with Crippen LogP contribution in [0.3, 0.4) is 0 Å². The Morgan fingerprint density at radius 2 is 0.409 bits per heavy atom. The molecule has 0 saturated carbocycles. The second kappa shape index (κ2) is 24600. The Labute approximate surface area is 174 Å². The third-order valence-corrected chi connectivity index (χ3v) is 0. The van der Waals surface area contributed by atoms with Crippen LogP contribution in [0, 0.1) is 0 Å². The highest BCUT2D eigenvalue weighted by molar-refractivity contribution is 3.24. The highest BCUT2D eigenvalue weighted by Gasteiger charge is 0.940. The summed E-state index contributed by atoms with van der Waals surface area (Å²) in [5.74, 6) is 0. The molecule has 0 saturated heterocycles. The predicted molar refractivity (Wildman–Crippen MR) is 114 cm³/mol. The third kappa shape index (κ3) is 21100. The lowest BCUT2D eigenvalue weighted by Crippen LogP contribution is -0.939. The average Bonchev–Trinajstić information content (AvgIpc) is 3.00. The van der Waals surface area contributed by atoms with Crippen LogP contribution in [0.25, 0.3) is 0 Å². The molecule has 0 aromatic carbocycles. The molecule has 0 aromatic heterocycles. The zero-order chi connectivity index (χ0) is 37.7. The second-order valence-electron chi connectivity index (χ2n) is 0. The Balaban J connectivity index is -0.00000000665. The normalized spacial score (nSPS) is 9.82. The largest absolute Gasteiger partial charge is 0.255 e. The van der Waals surface area contributed by atoms with E-state index in [-0.39, 0.29) is 44.6 Å². The van der Waals surface area contributed by atoms with E-state index in [1.54, 1.807) is 0 Å². The monoisotopic (exact) mass is 433 g/mol.